The average Bonchev–Trinajstić information content (AvgIpc) is 3.04. The third kappa shape index (κ3) is 4.80. The maximum atomic E-state index is 12.0. The van der Waals surface area contributed by atoms with Crippen LogP contribution in [0.4, 0.5) is 5.69 Å². The quantitative estimate of drug-likeness (QED) is 0.800. The molecule has 0 saturated heterocycles. The third-order valence-electron chi connectivity index (χ3n) is 3.64. The molecule has 2 aromatic rings. The van der Waals surface area contributed by atoms with E-state index in [-0.39, 0.29) is 6.04 Å². The van der Waals surface area contributed by atoms with Crippen LogP contribution in [-0.4, -0.2) is 37.4 Å². The molecule has 0 saturated carbocycles. The van der Waals surface area contributed by atoms with Crippen LogP contribution in [0.2, 0.25) is 5.02 Å². The Morgan fingerprint density at radius 2 is 2.00 bits per heavy atom. The molecular formula is C17H20ClN3O2S. The van der Waals surface area contributed by atoms with E-state index in [1.54, 1.807) is 29.5 Å². The maximum Gasteiger partial charge on any atom is 0.313 e. The van der Waals surface area contributed by atoms with Gasteiger partial charge in [0.25, 0.3) is 0 Å². The van der Waals surface area contributed by atoms with Crippen molar-refractivity contribution in [2.75, 3.05) is 26.0 Å². The Bertz CT molecular complexity index is 717. The minimum atomic E-state index is -0.710. The molecule has 0 spiro atoms. The number of thiophene rings is 1. The van der Waals surface area contributed by atoms with Gasteiger partial charge in [0.15, 0.2) is 0 Å². The van der Waals surface area contributed by atoms with Gasteiger partial charge in [-0.3, -0.25) is 9.59 Å². The van der Waals surface area contributed by atoms with Crippen LogP contribution in [0.5, 0.6) is 0 Å². The van der Waals surface area contributed by atoms with Gasteiger partial charge in [0, 0.05) is 17.3 Å². The molecule has 0 aliphatic heterocycles. The molecule has 128 valence electrons. The lowest BCUT2D eigenvalue weighted by Crippen LogP contribution is -2.40. The standard InChI is InChI=1S/C17H20ClN3O2S/c1-11-4-5-13(8-14(11)18)20-17(23)16(22)19-9-15(21(2)3)12-6-7-24-10-12/h4-8,10,15H,9H2,1-3H3,(H,19,22)(H,20,23). The molecule has 2 amide bonds. The summed E-state index contributed by atoms with van der Waals surface area (Å²) in [5, 5.41) is 9.79. The number of aryl methyl sites for hydroxylation is 1. The second-order valence-electron chi connectivity index (χ2n) is 5.66. The monoisotopic (exact) mass is 365 g/mol. The normalized spacial score (nSPS) is 12.0. The molecule has 5 nitrogen and oxygen atoms in total. The van der Waals surface area contributed by atoms with Crippen molar-refractivity contribution >= 4 is 40.4 Å². The number of rotatable bonds is 5. The van der Waals surface area contributed by atoms with Crippen molar-refractivity contribution in [3.8, 4) is 0 Å². The third-order valence-corrected chi connectivity index (χ3v) is 4.75. The van der Waals surface area contributed by atoms with Crippen LogP contribution >= 0.6 is 22.9 Å². The second-order valence-corrected chi connectivity index (χ2v) is 6.85. The summed E-state index contributed by atoms with van der Waals surface area (Å²) in [5.74, 6) is -1.38. The van der Waals surface area contributed by atoms with Crippen molar-refractivity contribution in [2.45, 2.75) is 13.0 Å². The van der Waals surface area contributed by atoms with Crippen LogP contribution in [-0.2, 0) is 9.59 Å². The summed E-state index contributed by atoms with van der Waals surface area (Å²) in [7, 11) is 3.87. The molecule has 2 N–H and O–H groups in total. The van der Waals surface area contributed by atoms with Crippen molar-refractivity contribution in [3.63, 3.8) is 0 Å². The lowest BCUT2D eigenvalue weighted by atomic mass is 10.1. The Morgan fingerprint density at radius 3 is 2.58 bits per heavy atom. The summed E-state index contributed by atoms with van der Waals surface area (Å²) < 4.78 is 0. The van der Waals surface area contributed by atoms with Crippen LogP contribution < -0.4 is 10.6 Å². The van der Waals surface area contributed by atoms with Gasteiger partial charge in [-0.1, -0.05) is 17.7 Å². The van der Waals surface area contributed by atoms with Gasteiger partial charge in [-0.15, -0.1) is 0 Å². The number of anilines is 1. The van der Waals surface area contributed by atoms with E-state index in [1.807, 2.05) is 42.7 Å². The van der Waals surface area contributed by atoms with Gasteiger partial charge in [0.2, 0.25) is 0 Å². The Morgan fingerprint density at radius 1 is 1.25 bits per heavy atom. The molecule has 0 fully saturated rings. The molecule has 1 atom stereocenters. The smallest absolute Gasteiger partial charge is 0.313 e. The van der Waals surface area contributed by atoms with Gasteiger partial charge in [-0.2, -0.15) is 11.3 Å². The highest BCUT2D eigenvalue weighted by atomic mass is 35.5. The van der Waals surface area contributed by atoms with Crippen molar-refractivity contribution in [2.24, 2.45) is 0 Å². The molecule has 1 aromatic carbocycles. The fourth-order valence-corrected chi connectivity index (χ4v) is 3.08. The van der Waals surface area contributed by atoms with E-state index in [2.05, 4.69) is 10.6 Å². The van der Waals surface area contributed by atoms with E-state index in [4.69, 9.17) is 11.6 Å². The molecule has 1 unspecified atom stereocenters. The van der Waals surface area contributed by atoms with E-state index in [1.165, 1.54) is 0 Å². The Kier molecular flexibility index (Phi) is 6.36. The summed E-state index contributed by atoms with van der Waals surface area (Å²) in [6, 6.07) is 7.14. The Balaban J connectivity index is 1.93. The van der Waals surface area contributed by atoms with Crippen LogP contribution in [0.15, 0.2) is 35.0 Å². The first kappa shape index (κ1) is 18.4. The highest BCUT2D eigenvalue weighted by Gasteiger charge is 2.19. The predicted molar refractivity (Wildman–Crippen MR) is 98.6 cm³/mol. The molecule has 1 aromatic heterocycles. The summed E-state index contributed by atoms with van der Waals surface area (Å²) >= 11 is 7.61. The van der Waals surface area contributed by atoms with E-state index >= 15 is 0 Å². The van der Waals surface area contributed by atoms with Gasteiger partial charge >= 0.3 is 11.8 Å². The highest BCUT2D eigenvalue weighted by Crippen LogP contribution is 2.21. The van der Waals surface area contributed by atoms with Crippen LogP contribution in [0, 0.1) is 6.92 Å². The van der Waals surface area contributed by atoms with Gasteiger partial charge in [0.1, 0.15) is 0 Å². The number of hydrogen-bond acceptors (Lipinski definition) is 4. The number of carbonyl (C=O) groups is 2. The summed E-state index contributed by atoms with van der Waals surface area (Å²) in [6.07, 6.45) is 0. The number of likely N-dealkylation sites (N-methyl/N-ethyl adjacent to an activating group) is 1. The molecular weight excluding hydrogens is 346 g/mol. The van der Waals surface area contributed by atoms with Gasteiger partial charge < -0.3 is 15.5 Å². The van der Waals surface area contributed by atoms with E-state index in [0.717, 1.165) is 11.1 Å². The largest absolute Gasteiger partial charge is 0.346 e. The number of nitrogens with zero attached hydrogens (tertiary/aromatic N) is 1. The molecule has 0 bridgehead atoms. The zero-order valence-corrected chi connectivity index (χ0v) is 15.4. The van der Waals surface area contributed by atoms with E-state index in [0.29, 0.717) is 17.3 Å². The first-order valence-corrected chi connectivity index (χ1v) is 8.74. The minimum absolute atomic E-state index is 0.0156. The number of benzene rings is 1. The van der Waals surface area contributed by atoms with Gasteiger partial charge in [0.05, 0.1) is 6.04 Å². The Labute approximate surface area is 150 Å². The molecule has 7 heteroatoms. The highest BCUT2D eigenvalue weighted by molar-refractivity contribution is 7.08. The minimum Gasteiger partial charge on any atom is -0.346 e. The van der Waals surface area contributed by atoms with Crippen molar-refractivity contribution in [1.29, 1.82) is 0 Å². The van der Waals surface area contributed by atoms with Gasteiger partial charge in [-0.05, 0) is 61.1 Å². The number of halogens is 1. The van der Waals surface area contributed by atoms with Crippen LogP contribution in [0.3, 0.4) is 0 Å². The SMILES string of the molecule is Cc1ccc(NC(=O)C(=O)NCC(c2ccsc2)N(C)C)cc1Cl. The molecule has 1 heterocycles. The number of carbonyl (C=O) groups excluding carboxylic acids is 2. The van der Waals surface area contributed by atoms with E-state index < -0.39 is 11.8 Å². The number of amides is 2. The first-order chi connectivity index (χ1) is 11.4. The van der Waals surface area contributed by atoms with E-state index in [9.17, 15) is 9.59 Å². The number of hydrogen-bond donors (Lipinski definition) is 2. The van der Waals surface area contributed by atoms with Crippen molar-refractivity contribution in [3.05, 3.63) is 51.2 Å². The topological polar surface area (TPSA) is 61.4 Å². The zero-order valence-electron chi connectivity index (χ0n) is 13.8. The Hall–Kier alpha value is -1.89. The molecule has 2 rings (SSSR count). The lowest BCUT2D eigenvalue weighted by molar-refractivity contribution is -0.136. The summed E-state index contributed by atoms with van der Waals surface area (Å²) in [4.78, 5) is 26.0. The number of nitrogens with one attached hydrogen (secondary N) is 2. The van der Waals surface area contributed by atoms with Crippen molar-refractivity contribution < 1.29 is 9.59 Å². The summed E-state index contributed by atoms with van der Waals surface area (Å²) in [5.41, 5.74) is 2.51. The first-order valence-electron chi connectivity index (χ1n) is 7.42. The van der Waals surface area contributed by atoms with Crippen molar-refractivity contribution in [1.82, 2.24) is 10.2 Å². The second kappa shape index (κ2) is 8.28. The fourth-order valence-electron chi connectivity index (χ4n) is 2.19. The fraction of sp³-hybridized carbons (Fsp3) is 0.294. The molecule has 24 heavy (non-hydrogen) atoms. The molecule has 0 aliphatic carbocycles. The zero-order chi connectivity index (χ0) is 17.7. The predicted octanol–water partition coefficient (Wildman–Crippen LogP) is 3.07. The lowest BCUT2D eigenvalue weighted by Gasteiger charge is -2.23. The molecule has 0 aliphatic rings. The van der Waals surface area contributed by atoms with Gasteiger partial charge in [-0.25, -0.2) is 0 Å². The summed E-state index contributed by atoms with van der Waals surface area (Å²) in [6.45, 7) is 2.22. The van der Waals surface area contributed by atoms with Crippen LogP contribution in [0.1, 0.15) is 17.2 Å². The average molecular weight is 366 g/mol. The molecule has 0 radical (unpaired) electrons. The maximum absolute atomic E-state index is 12.0. The van der Waals surface area contributed by atoms with Crippen LogP contribution in [0.25, 0.3) is 0 Å².